The average Bonchev–Trinajstić information content (AvgIpc) is 3.62. The Morgan fingerprint density at radius 2 is 1.88 bits per heavy atom. The van der Waals surface area contributed by atoms with Crippen LogP contribution in [0.25, 0.3) is 0 Å². The summed E-state index contributed by atoms with van der Waals surface area (Å²) in [5, 5.41) is 0.561. The van der Waals surface area contributed by atoms with Gasteiger partial charge in [0.15, 0.2) is 5.96 Å². The van der Waals surface area contributed by atoms with Crippen molar-refractivity contribution in [3.63, 3.8) is 0 Å². The molecule has 34 heavy (non-hydrogen) atoms. The number of amides is 1. The molecule has 5 rings (SSSR count). The SMILES string of the molecule is C[C@@]1(c2cccc(Cc3ccc(C4CC4)nc3)c2Cl)CC(=O)N(C2CCC(F)(F)CC2)C(N)=N1. The lowest BCUT2D eigenvalue weighted by molar-refractivity contribution is -0.133. The quantitative estimate of drug-likeness (QED) is 0.602. The second-order valence-corrected chi connectivity index (χ2v) is 10.5. The molecule has 2 aliphatic carbocycles. The lowest BCUT2D eigenvalue weighted by Gasteiger charge is -2.41. The summed E-state index contributed by atoms with van der Waals surface area (Å²) in [6.45, 7) is 1.85. The summed E-state index contributed by atoms with van der Waals surface area (Å²) < 4.78 is 27.2. The number of alkyl halides is 2. The molecule has 0 radical (unpaired) electrons. The number of pyridine rings is 1. The largest absolute Gasteiger partial charge is 0.369 e. The van der Waals surface area contributed by atoms with Crippen LogP contribution in [0.15, 0.2) is 41.5 Å². The number of nitrogens with two attached hydrogens (primary N) is 1. The van der Waals surface area contributed by atoms with Gasteiger partial charge in [0.05, 0.1) is 12.0 Å². The zero-order valence-corrected chi connectivity index (χ0v) is 20.0. The molecule has 1 aromatic carbocycles. The average molecular weight is 487 g/mol. The Kier molecular flexibility index (Phi) is 5.87. The molecule has 0 saturated heterocycles. The highest BCUT2D eigenvalue weighted by Crippen LogP contribution is 2.42. The molecule has 1 atom stereocenters. The van der Waals surface area contributed by atoms with Crippen LogP contribution in [-0.2, 0) is 16.8 Å². The van der Waals surface area contributed by atoms with E-state index in [9.17, 15) is 13.6 Å². The van der Waals surface area contributed by atoms with Gasteiger partial charge in [-0.3, -0.25) is 14.7 Å². The molecular weight excluding hydrogens is 458 g/mol. The molecule has 3 aliphatic rings. The van der Waals surface area contributed by atoms with E-state index in [1.165, 1.54) is 17.7 Å². The minimum atomic E-state index is -2.67. The first-order valence-electron chi connectivity index (χ1n) is 11.9. The number of halogens is 3. The predicted octanol–water partition coefficient (Wildman–Crippen LogP) is 5.54. The number of hydrogen-bond acceptors (Lipinski definition) is 4. The molecule has 0 spiro atoms. The van der Waals surface area contributed by atoms with Crippen molar-refractivity contribution in [2.45, 2.75) is 81.7 Å². The zero-order chi connectivity index (χ0) is 24.1. The second kappa shape index (κ2) is 8.59. The first kappa shape index (κ1) is 23.2. The molecule has 1 aromatic heterocycles. The van der Waals surface area contributed by atoms with Crippen LogP contribution in [0.3, 0.4) is 0 Å². The van der Waals surface area contributed by atoms with E-state index in [4.69, 9.17) is 17.3 Å². The summed E-state index contributed by atoms with van der Waals surface area (Å²) in [6, 6.07) is 9.61. The van der Waals surface area contributed by atoms with Gasteiger partial charge < -0.3 is 5.73 Å². The van der Waals surface area contributed by atoms with E-state index in [2.05, 4.69) is 22.1 Å². The zero-order valence-electron chi connectivity index (χ0n) is 19.2. The minimum Gasteiger partial charge on any atom is -0.369 e. The van der Waals surface area contributed by atoms with E-state index in [-0.39, 0.29) is 50.0 Å². The van der Waals surface area contributed by atoms with E-state index in [0.29, 0.717) is 17.4 Å². The van der Waals surface area contributed by atoms with Crippen LogP contribution in [0.4, 0.5) is 8.78 Å². The van der Waals surface area contributed by atoms with Gasteiger partial charge in [0.25, 0.3) is 0 Å². The van der Waals surface area contributed by atoms with Crippen molar-refractivity contribution in [3.05, 3.63) is 63.9 Å². The van der Waals surface area contributed by atoms with Crippen LogP contribution in [0, 0.1) is 0 Å². The normalized spacial score (nSPS) is 25.4. The van der Waals surface area contributed by atoms with Crippen molar-refractivity contribution in [1.29, 1.82) is 0 Å². The molecule has 1 amide bonds. The van der Waals surface area contributed by atoms with Crippen LogP contribution in [0.2, 0.25) is 5.02 Å². The standard InChI is InChI=1S/C26H29ClF2N4O/c1-25(14-22(34)33(24(30)32-25)19-9-11-26(28,29)12-10-19)20-4-2-3-18(23(20)27)13-16-5-8-21(31-15-16)17-6-7-17/h2-5,8,15,17,19H,6-7,9-14H2,1H3,(H2,30,32)/t25-/m0/s1. The molecule has 2 saturated carbocycles. The van der Waals surface area contributed by atoms with Crippen LogP contribution in [-0.4, -0.2) is 33.7 Å². The van der Waals surface area contributed by atoms with Gasteiger partial charge in [0.2, 0.25) is 11.8 Å². The summed E-state index contributed by atoms with van der Waals surface area (Å²) in [7, 11) is 0. The Hall–Kier alpha value is -2.54. The van der Waals surface area contributed by atoms with Crippen molar-refractivity contribution >= 4 is 23.5 Å². The number of nitrogens with zero attached hydrogens (tertiary/aromatic N) is 3. The number of carbonyl (C=O) groups is 1. The Balaban J connectivity index is 1.37. The van der Waals surface area contributed by atoms with Crippen molar-refractivity contribution in [2.24, 2.45) is 10.7 Å². The number of hydrogen-bond donors (Lipinski definition) is 1. The molecule has 5 nitrogen and oxygen atoms in total. The summed E-state index contributed by atoms with van der Waals surface area (Å²) in [5.41, 5.74) is 9.21. The van der Waals surface area contributed by atoms with Gasteiger partial charge >= 0.3 is 0 Å². The van der Waals surface area contributed by atoms with Crippen LogP contribution in [0.5, 0.6) is 0 Å². The Labute approximate surface area is 203 Å². The second-order valence-electron chi connectivity index (χ2n) is 10.1. The smallest absolute Gasteiger partial charge is 0.248 e. The molecule has 180 valence electrons. The summed E-state index contributed by atoms with van der Waals surface area (Å²) in [4.78, 5) is 23.9. The fraction of sp³-hybridized carbons (Fsp3) is 0.500. The molecule has 2 heterocycles. The fourth-order valence-electron chi connectivity index (χ4n) is 5.20. The lowest BCUT2D eigenvalue weighted by Crippen LogP contribution is -2.55. The van der Waals surface area contributed by atoms with Gasteiger partial charge in [0.1, 0.15) is 0 Å². The fourth-order valence-corrected chi connectivity index (χ4v) is 5.59. The molecule has 2 fully saturated rings. The van der Waals surface area contributed by atoms with Gasteiger partial charge in [-0.05, 0) is 55.4 Å². The number of aliphatic imine (C=N–C) groups is 1. The predicted molar refractivity (Wildman–Crippen MR) is 128 cm³/mol. The summed E-state index contributed by atoms with van der Waals surface area (Å²) >= 11 is 6.85. The topological polar surface area (TPSA) is 71.6 Å². The van der Waals surface area contributed by atoms with E-state index in [0.717, 1.165) is 22.4 Å². The first-order chi connectivity index (χ1) is 16.2. The Morgan fingerprint density at radius 1 is 1.15 bits per heavy atom. The van der Waals surface area contributed by atoms with E-state index >= 15 is 0 Å². The Bertz CT molecular complexity index is 1120. The van der Waals surface area contributed by atoms with Gasteiger partial charge in [0, 0.05) is 48.1 Å². The third kappa shape index (κ3) is 4.54. The van der Waals surface area contributed by atoms with Crippen molar-refractivity contribution in [3.8, 4) is 0 Å². The molecule has 1 aliphatic heterocycles. The highest BCUT2D eigenvalue weighted by atomic mass is 35.5. The van der Waals surface area contributed by atoms with E-state index < -0.39 is 11.5 Å². The van der Waals surface area contributed by atoms with Gasteiger partial charge in [-0.1, -0.05) is 35.9 Å². The number of rotatable bonds is 5. The highest BCUT2D eigenvalue weighted by molar-refractivity contribution is 6.32. The van der Waals surface area contributed by atoms with E-state index in [1.807, 2.05) is 31.3 Å². The molecule has 2 aromatic rings. The third-order valence-electron chi connectivity index (χ3n) is 7.32. The van der Waals surface area contributed by atoms with Crippen LogP contribution < -0.4 is 5.73 Å². The number of guanidine groups is 1. The number of benzene rings is 1. The number of aromatic nitrogens is 1. The number of carbonyl (C=O) groups excluding carboxylic acids is 1. The first-order valence-corrected chi connectivity index (χ1v) is 12.3. The maximum atomic E-state index is 13.6. The van der Waals surface area contributed by atoms with Gasteiger partial charge in [-0.15, -0.1) is 0 Å². The van der Waals surface area contributed by atoms with Gasteiger partial charge in [-0.2, -0.15) is 0 Å². The summed E-state index contributed by atoms with van der Waals surface area (Å²) in [6.07, 6.45) is 5.00. The van der Waals surface area contributed by atoms with Crippen LogP contribution in [0.1, 0.15) is 80.2 Å². The van der Waals surface area contributed by atoms with E-state index in [1.54, 1.807) is 0 Å². The Morgan fingerprint density at radius 3 is 2.50 bits per heavy atom. The molecule has 0 unspecified atom stereocenters. The van der Waals surface area contributed by atoms with Crippen molar-refractivity contribution in [1.82, 2.24) is 9.88 Å². The van der Waals surface area contributed by atoms with Gasteiger partial charge in [-0.25, -0.2) is 13.8 Å². The molecule has 2 N–H and O–H groups in total. The lowest BCUT2D eigenvalue weighted by atomic mass is 9.84. The highest BCUT2D eigenvalue weighted by Gasteiger charge is 2.44. The summed E-state index contributed by atoms with van der Waals surface area (Å²) in [5.74, 6) is -2.18. The maximum absolute atomic E-state index is 13.6. The van der Waals surface area contributed by atoms with Crippen LogP contribution >= 0.6 is 11.6 Å². The molecule has 8 heteroatoms. The minimum absolute atomic E-state index is 0.0790. The van der Waals surface area contributed by atoms with Crippen molar-refractivity contribution < 1.29 is 13.6 Å². The maximum Gasteiger partial charge on any atom is 0.248 e. The molecule has 0 bridgehead atoms. The molecular formula is C26H29ClF2N4O. The van der Waals surface area contributed by atoms with Crippen molar-refractivity contribution in [2.75, 3.05) is 0 Å². The monoisotopic (exact) mass is 486 g/mol. The third-order valence-corrected chi connectivity index (χ3v) is 7.77.